The van der Waals surface area contributed by atoms with Crippen molar-refractivity contribution >= 4 is 21.6 Å². The van der Waals surface area contributed by atoms with Crippen molar-refractivity contribution in [3.63, 3.8) is 0 Å². The van der Waals surface area contributed by atoms with Gasteiger partial charge < -0.3 is 5.32 Å². The van der Waals surface area contributed by atoms with E-state index in [1.165, 1.54) is 11.1 Å². The lowest BCUT2D eigenvalue weighted by Crippen LogP contribution is -2.06. The van der Waals surface area contributed by atoms with Crippen LogP contribution in [0.1, 0.15) is 31.0 Å². The number of aryl methyl sites for hydroxylation is 1. The number of benzene rings is 2. The number of hydrogen-bond acceptors (Lipinski definition) is 1. The fraction of sp³-hybridized carbons (Fsp3) is 0.250. The second kappa shape index (κ2) is 6.05. The molecule has 1 unspecified atom stereocenters. The van der Waals surface area contributed by atoms with Crippen LogP contribution in [0.3, 0.4) is 0 Å². The molecule has 94 valence electrons. The van der Waals surface area contributed by atoms with Crippen molar-refractivity contribution in [2.75, 3.05) is 5.32 Å². The van der Waals surface area contributed by atoms with E-state index in [1.54, 1.807) is 0 Å². The minimum absolute atomic E-state index is 0.317. The lowest BCUT2D eigenvalue weighted by atomic mass is 10.0. The van der Waals surface area contributed by atoms with Crippen molar-refractivity contribution < 1.29 is 0 Å². The third kappa shape index (κ3) is 3.36. The van der Waals surface area contributed by atoms with Crippen LogP contribution in [0.4, 0.5) is 5.69 Å². The summed E-state index contributed by atoms with van der Waals surface area (Å²) < 4.78 is 1.10. The fourth-order valence-electron chi connectivity index (χ4n) is 1.92. The van der Waals surface area contributed by atoms with Crippen LogP contribution in [0.5, 0.6) is 0 Å². The second-order valence-corrected chi connectivity index (χ2v) is 5.38. The summed E-state index contributed by atoms with van der Waals surface area (Å²) in [6.45, 7) is 4.36. The van der Waals surface area contributed by atoms with Crippen molar-refractivity contribution in [2.24, 2.45) is 0 Å². The molecule has 0 aliphatic heterocycles. The molecule has 0 saturated heterocycles. The van der Waals surface area contributed by atoms with Crippen LogP contribution in [0, 0.1) is 0 Å². The van der Waals surface area contributed by atoms with Gasteiger partial charge in [0.2, 0.25) is 0 Å². The first-order valence-electron chi connectivity index (χ1n) is 6.30. The molecule has 0 fully saturated rings. The van der Waals surface area contributed by atoms with E-state index in [9.17, 15) is 0 Å². The van der Waals surface area contributed by atoms with Gasteiger partial charge in [0.05, 0.1) is 0 Å². The molecule has 1 N–H and O–H groups in total. The zero-order valence-corrected chi connectivity index (χ0v) is 12.4. The Kier molecular flexibility index (Phi) is 4.43. The van der Waals surface area contributed by atoms with Gasteiger partial charge in [0.25, 0.3) is 0 Å². The third-order valence-corrected chi connectivity index (χ3v) is 3.64. The maximum absolute atomic E-state index is 3.50. The molecule has 0 saturated carbocycles. The van der Waals surface area contributed by atoms with Crippen LogP contribution in [0.2, 0.25) is 0 Å². The van der Waals surface area contributed by atoms with Crippen LogP contribution >= 0.6 is 15.9 Å². The van der Waals surface area contributed by atoms with Gasteiger partial charge in [0, 0.05) is 16.2 Å². The highest BCUT2D eigenvalue weighted by Crippen LogP contribution is 2.21. The molecule has 0 bridgehead atoms. The molecule has 2 aromatic rings. The lowest BCUT2D eigenvalue weighted by molar-refractivity contribution is 0.883. The highest BCUT2D eigenvalue weighted by Gasteiger charge is 2.04. The summed E-state index contributed by atoms with van der Waals surface area (Å²) >= 11 is 3.44. The van der Waals surface area contributed by atoms with Crippen molar-refractivity contribution in [3.8, 4) is 0 Å². The Labute approximate surface area is 117 Å². The predicted octanol–water partition coefficient (Wildman–Crippen LogP) is 5.18. The number of rotatable bonds is 4. The van der Waals surface area contributed by atoms with E-state index < -0.39 is 0 Å². The predicted molar refractivity (Wildman–Crippen MR) is 82.0 cm³/mol. The van der Waals surface area contributed by atoms with Crippen LogP contribution < -0.4 is 5.32 Å². The topological polar surface area (TPSA) is 12.0 Å². The monoisotopic (exact) mass is 303 g/mol. The fourth-order valence-corrected chi connectivity index (χ4v) is 2.19. The maximum Gasteiger partial charge on any atom is 0.0485 e. The molecule has 0 spiro atoms. The molecule has 18 heavy (non-hydrogen) atoms. The Morgan fingerprint density at radius 3 is 2.17 bits per heavy atom. The van der Waals surface area contributed by atoms with Crippen LogP contribution in [-0.2, 0) is 6.42 Å². The van der Waals surface area contributed by atoms with Gasteiger partial charge in [-0.15, -0.1) is 0 Å². The molecule has 0 aliphatic carbocycles. The molecule has 0 heterocycles. The average Bonchev–Trinajstić information content (AvgIpc) is 2.41. The van der Waals surface area contributed by atoms with E-state index in [0.29, 0.717) is 6.04 Å². The van der Waals surface area contributed by atoms with Crippen molar-refractivity contribution in [1.29, 1.82) is 0 Å². The highest BCUT2D eigenvalue weighted by molar-refractivity contribution is 9.10. The van der Waals surface area contributed by atoms with Gasteiger partial charge in [-0.2, -0.15) is 0 Å². The van der Waals surface area contributed by atoms with Crippen LogP contribution in [-0.4, -0.2) is 0 Å². The first-order chi connectivity index (χ1) is 8.69. The molecule has 0 aliphatic rings. The molecule has 2 rings (SSSR count). The number of halogens is 1. The Hall–Kier alpha value is -1.28. The first-order valence-corrected chi connectivity index (χ1v) is 7.09. The zero-order valence-electron chi connectivity index (χ0n) is 10.8. The van der Waals surface area contributed by atoms with Gasteiger partial charge in [-0.25, -0.2) is 0 Å². The molecule has 2 aromatic carbocycles. The molecule has 1 atom stereocenters. The van der Waals surface area contributed by atoms with E-state index >= 15 is 0 Å². The highest BCUT2D eigenvalue weighted by atomic mass is 79.9. The molecule has 2 heteroatoms. The summed E-state index contributed by atoms with van der Waals surface area (Å²) in [5.74, 6) is 0. The number of hydrogen-bond donors (Lipinski definition) is 1. The molecular weight excluding hydrogens is 286 g/mol. The lowest BCUT2D eigenvalue weighted by Gasteiger charge is -2.16. The van der Waals surface area contributed by atoms with Crippen molar-refractivity contribution in [2.45, 2.75) is 26.3 Å². The van der Waals surface area contributed by atoms with Gasteiger partial charge in [-0.3, -0.25) is 0 Å². The Balaban J connectivity index is 2.06. The summed E-state index contributed by atoms with van der Waals surface area (Å²) in [7, 11) is 0. The Morgan fingerprint density at radius 2 is 1.61 bits per heavy atom. The third-order valence-electron chi connectivity index (χ3n) is 3.12. The Bertz CT molecular complexity index is 488. The summed E-state index contributed by atoms with van der Waals surface area (Å²) in [6.07, 6.45) is 1.09. The normalized spacial score (nSPS) is 12.2. The van der Waals surface area contributed by atoms with Gasteiger partial charge in [0.15, 0.2) is 0 Å². The number of nitrogens with one attached hydrogen (secondary N) is 1. The minimum atomic E-state index is 0.317. The summed E-state index contributed by atoms with van der Waals surface area (Å²) in [5, 5.41) is 3.50. The summed E-state index contributed by atoms with van der Waals surface area (Å²) in [4.78, 5) is 0. The summed E-state index contributed by atoms with van der Waals surface area (Å²) in [6, 6.07) is 17.4. The molecular formula is C16H18BrN. The second-order valence-electron chi connectivity index (χ2n) is 4.47. The van der Waals surface area contributed by atoms with E-state index in [0.717, 1.165) is 16.6 Å². The van der Waals surface area contributed by atoms with Gasteiger partial charge >= 0.3 is 0 Å². The van der Waals surface area contributed by atoms with Crippen molar-refractivity contribution in [3.05, 3.63) is 64.1 Å². The average molecular weight is 304 g/mol. The molecule has 0 aromatic heterocycles. The quantitative estimate of drug-likeness (QED) is 0.820. The smallest absolute Gasteiger partial charge is 0.0485 e. The SMILES string of the molecule is CCc1ccc(C(C)Nc2ccc(Br)cc2)cc1. The largest absolute Gasteiger partial charge is 0.379 e. The molecule has 0 radical (unpaired) electrons. The van der Waals surface area contributed by atoms with Gasteiger partial charge in [0.1, 0.15) is 0 Å². The van der Waals surface area contributed by atoms with E-state index in [2.05, 4.69) is 83.6 Å². The van der Waals surface area contributed by atoms with E-state index in [4.69, 9.17) is 0 Å². The molecule has 1 nitrogen and oxygen atoms in total. The van der Waals surface area contributed by atoms with E-state index in [-0.39, 0.29) is 0 Å². The van der Waals surface area contributed by atoms with Crippen LogP contribution in [0.15, 0.2) is 53.0 Å². The minimum Gasteiger partial charge on any atom is -0.379 e. The van der Waals surface area contributed by atoms with Gasteiger partial charge in [-0.05, 0) is 48.7 Å². The van der Waals surface area contributed by atoms with E-state index in [1.807, 2.05) is 0 Å². The first kappa shape index (κ1) is 13.2. The zero-order chi connectivity index (χ0) is 13.0. The molecule has 0 amide bonds. The number of anilines is 1. The summed E-state index contributed by atoms with van der Waals surface area (Å²) in [5.41, 5.74) is 3.84. The van der Waals surface area contributed by atoms with Crippen LogP contribution in [0.25, 0.3) is 0 Å². The standard InChI is InChI=1S/C16H18BrN/c1-3-13-4-6-14(7-5-13)12(2)18-16-10-8-15(17)9-11-16/h4-12,18H,3H2,1-2H3. The maximum atomic E-state index is 3.50. The van der Waals surface area contributed by atoms with Crippen molar-refractivity contribution in [1.82, 2.24) is 0 Å². The Morgan fingerprint density at radius 1 is 1.00 bits per heavy atom. The van der Waals surface area contributed by atoms with Gasteiger partial charge in [-0.1, -0.05) is 47.1 Å².